The number of amides is 3. The summed E-state index contributed by atoms with van der Waals surface area (Å²) in [5, 5.41) is 17.2. The second kappa shape index (κ2) is 13.5. The van der Waals surface area contributed by atoms with Crippen molar-refractivity contribution in [2.45, 2.75) is 38.0 Å². The molecule has 13 nitrogen and oxygen atoms in total. The van der Waals surface area contributed by atoms with Gasteiger partial charge in [-0.1, -0.05) is 18.2 Å². The number of carbonyl (C=O) groups excluding carboxylic acids is 3. The van der Waals surface area contributed by atoms with Crippen molar-refractivity contribution in [2.75, 3.05) is 26.8 Å². The summed E-state index contributed by atoms with van der Waals surface area (Å²) >= 11 is 0. The highest BCUT2D eigenvalue weighted by Crippen LogP contribution is 2.29. The monoisotopic (exact) mass is 611 g/mol. The first-order chi connectivity index (χ1) is 21.9. The molecule has 1 fully saturated rings. The number of hydrogen-bond acceptors (Lipinski definition) is 9. The summed E-state index contributed by atoms with van der Waals surface area (Å²) in [5.74, 6) is 0.922. The predicted molar refractivity (Wildman–Crippen MR) is 161 cm³/mol. The van der Waals surface area contributed by atoms with E-state index in [0.29, 0.717) is 55.2 Å². The van der Waals surface area contributed by atoms with Crippen molar-refractivity contribution < 1.29 is 28.6 Å². The van der Waals surface area contributed by atoms with Gasteiger partial charge < -0.3 is 29.7 Å². The van der Waals surface area contributed by atoms with E-state index in [1.807, 2.05) is 30.3 Å². The molecule has 3 aromatic carbocycles. The minimum absolute atomic E-state index is 0.0618. The van der Waals surface area contributed by atoms with E-state index < -0.39 is 12.1 Å². The summed E-state index contributed by atoms with van der Waals surface area (Å²) in [6.45, 7) is 0.814. The van der Waals surface area contributed by atoms with Gasteiger partial charge in [-0.05, 0) is 76.5 Å². The fourth-order valence-corrected chi connectivity index (χ4v) is 5.40. The van der Waals surface area contributed by atoms with Crippen molar-refractivity contribution in [1.29, 1.82) is 0 Å². The molecule has 5 aliphatic heterocycles. The fourth-order valence-electron chi connectivity index (χ4n) is 5.40. The molecule has 13 heteroatoms. The Morgan fingerprint density at radius 3 is 2.53 bits per heavy atom. The molecule has 3 amide bonds. The molecule has 0 radical (unpaired) electrons. The number of aromatic nitrogens is 4. The van der Waals surface area contributed by atoms with Gasteiger partial charge in [0.1, 0.15) is 18.2 Å². The number of methoxy groups -OCH3 is 1. The van der Waals surface area contributed by atoms with Gasteiger partial charge in [0, 0.05) is 38.0 Å². The Labute approximate surface area is 259 Å². The van der Waals surface area contributed by atoms with Crippen LogP contribution in [0.25, 0.3) is 5.69 Å². The number of aryl methyl sites for hydroxylation is 1. The molecule has 2 atom stereocenters. The molecule has 4 aromatic rings. The molecule has 0 saturated carbocycles. The SMILES string of the molecule is COc1cc2ccc1OCC(=O)N[C@@H]1CN(C(=O)c3ccc(-n4cnnn4)cc3)CC[C@H]1Oc1ccc(cc1)CNC(=O)CC2. The van der Waals surface area contributed by atoms with Crippen LogP contribution >= 0.6 is 0 Å². The molecule has 45 heavy (non-hydrogen) atoms. The second-order valence-corrected chi connectivity index (χ2v) is 10.9. The zero-order valence-electron chi connectivity index (χ0n) is 24.7. The Hall–Kier alpha value is -5.46. The van der Waals surface area contributed by atoms with Gasteiger partial charge in [0.25, 0.3) is 11.8 Å². The number of benzene rings is 3. The summed E-state index contributed by atoms with van der Waals surface area (Å²) in [6, 6.07) is 19.4. The topological polar surface area (TPSA) is 150 Å². The molecule has 4 bridgehead atoms. The molecule has 1 saturated heterocycles. The summed E-state index contributed by atoms with van der Waals surface area (Å²) < 4.78 is 19.2. The van der Waals surface area contributed by atoms with Gasteiger partial charge in [-0.3, -0.25) is 14.4 Å². The Bertz CT molecular complexity index is 1640. The maximum atomic E-state index is 13.5. The first-order valence-electron chi connectivity index (χ1n) is 14.7. The maximum Gasteiger partial charge on any atom is 0.258 e. The molecule has 0 unspecified atom stereocenters. The number of likely N-dealkylation sites (tertiary alicyclic amines) is 1. The third kappa shape index (κ3) is 7.20. The highest BCUT2D eigenvalue weighted by molar-refractivity contribution is 5.94. The molecule has 5 aliphatic rings. The van der Waals surface area contributed by atoms with Gasteiger partial charge in [-0.15, -0.1) is 5.10 Å². The number of rotatable bonds is 3. The minimum Gasteiger partial charge on any atom is -0.493 e. The number of carbonyl (C=O) groups is 3. The molecule has 1 aromatic heterocycles. The van der Waals surface area contributed by atoms with Gasteiger partial charge in [0.15, 0.2) is 18.1 Å². The first-order valence-corrected chi connectivity index (χ1v) is 14.7. The predicted octanol–water partition coefficient (Wildman–Crippen LogP) is 2.09. The lowest BCUT2D eigenvalue weighted by Crippen LogP contribution is -2.58. The number of hydrogen-bond donors (Lipinski definition) is 2. The number of tetrazole rings is 1. The third-order valence-electron chi connectivity index (χ3n) is 7.84. The average Bonchev–Trinajstić information content (AvgIpc) is 3.62. The van der Waals surface area contributed by atoms with Crippen LogP contribution in [-0.2, 0) is 22.6 Å². The lowest BCUT2D eigenvalue weighted by atomic mass is 10.0. The van der Waals surface area contributed by atoms with E-state index in [2.05, 4.69) is 26.2 Å². The molecule has 2 N–H and O–H groups in total. The number of ether oxygens (including phenoxy) is 3. The smallest absolute Gasteiger partial charge is 0.258 e. The molecule has 0 aliphatic carbocycles. The Morgan fingerprint density at radius 1 is 0.978 bits per heavy atom. The van der Waals surface area contributed by atoms with Crippen LogP contribution in [0.5, 0.6) is 17.2 Å². The van der Waals surface area contributed by atoms with Crippen LogP contribution in [0.3, 0.4) is 0 Å². The van der Waals surface area contributed by atoms with E-state index >= 15 is 0 Å². The highest BCUT2D eigenvalue weighted by Gasteiger charge is 2.34. The number of nitrogens with zero attached hydrogens (tertiary/aromatic N) is 5. The Kier molecular flexibility index (Phi) is 8.85. The lowest BCUT2D eigenvalue weighted by Gasteiger charge is -2.39. The van der Waals surface area contributed by atoms with Gasteiger partial charge in [0.05, 0.1) is 18.8 Å². The molecular formula is C32H33N7O6. The van der Waals surface area contributed by atoms with E-state index in [-0.39, 0.29) is 30.9 Å². The van der Waals surface area contributed by atoms with Crippen LogP contribution in [0, 0.1) is 0 Å². The molecule has 232 valence electrons. The van der Waals surface area contributed by atoms with Gasteiger partial charge in [-0.2, -0.15) is 0 Å². The largest absolute Gasteiger partial charge is 0.493 e. The van der Waals surface area contributed by atoms with E-state index in [1.165, 1.54) is 18.1 Å². The Morgan fingerprint density at radius 2 is 1.78 bits per heavy atom. The molecule has 6 heterocycles. The number of nitrogens with one attached hydrogen (secondary N) is 2. The van der Waals surface area contributed by atoms with Crippen LogP contribution in [0.1, 0.15) is 34.3 Å². The van der Waals surface area contributed by atoms with Crippen LogP contribution in [0.2, 0.25) is 0 Å². The fraction of sp³-hybridized carbons (Fsp3) is 0.312. The average molecular weight is 612 g/mol. The van der Waals surface area contributed by atoms with Gasteiger partial charge in [-0.25, -0.2) is 4.68 Å². The van der Waals surface area contributed by atoms with Crippen molar-refractivity contribution in [2.24, 2.45) is 0 Å². The normalized spacial score (nSPS) is 19.0. The van der Waals surface area contributed by atoms with E-state index in [0.717, 1.165) is 16.8 Å². The molecule has 9 rings (SSSR count). The van der Waals surface area contributed by atoms with Crippen molar-refractivity contribution >= 4 is 17.7 Å². The van der Waals surface area contributed by atoms with Crippen LogP contribution in [-0.4, -0.2) is 81.8 Å². The van der Waals surface area contributed by atoms with E-state index in [1.54, 1.807) is 41.3 Å². The van der Waals surface area contributed by atoms with Crippen molar-refractivity contribution in [3.8, 4) is 22.9 Å². The van der Waals surface area contributed by atoms with Crippen LogP contribution in [0.15, 0.2) is 73.1 Å². The summed E-state index contributed by atoms with van der Waals surface area (Å²) in [5.41, 5.74) is 3.08. The maximum absolute atomic E-state index is 13.5. The number of piperidine rings is 1. The highest BCUT2D eigenvalue weighted by atomic mass is 16.5. The standard InChI is InChI=1S/C32H33N7O6/c1-43-29-16-21-4-12-28(29)44-19-31(41)35-26-18-38(32(42)23-6-8-24(9-7-23)39-20-34-36-37-39)15-14-27(26)45-25-10-2-22(3-11-25)17-33-30(40)13-5-21/h2-4,6-12,16,20,26-27H,5,13-15,17-19H2,1H3,(H,33,40)(H,35,41)/t26-,27-/m1/s1. The van der Waals surface area contributed by atoms with E-state index in [9.17, 15) is 14.4 Å². The van der Waals surface area contributed by atoms with E-state index in [4.69, 9.17) is 14.2 Å². The minimum atomic E-state index is -0.506. The Balaban J connectivity index is 1.21. The zero-order valence-corrected chi connectivity index (χ0v) is 24.7. The molecular weight excluding hydrogens is 578 g/mol. The summed E-state index contributed by atoms with van der Waals surface area (Å²) in [7, 11) is 1.52. The van der Waals surface area contributed by atoms with Crippen LogP contribution in [0.4, 0.5) is 0 Å². The van der Waals surface area contributed by atoms with Crippen molar-refractivity contribution in [1.82, 2.24) is 35.7 Å². The third-order valence-corrected chi connectivity index (χ3v) is 7.84. The quantitative estimate of drug-likeness (QED) is 0.355. The summed E-state index contributed by atoms with van der Waals surface area (Å²) in [4.78, 5) is 40.9. The zero-order chi connectivity index (χ0) is 31.2. The lowest BCUT2D eigenvalue weighted by molar-refractivity contribution is -0.125. The van der Waals surface area contributed by atoms with Crippen LogP contribution < -0.4 is 24.8 Å². The van der Waals surface area contributed by atoms with Crippen molar-refractivity contribution in [3.05, 3.63) is 89.7 Å². The van der Waals surface area contributed by atoms with Gasteiger partial charge in [0.2, 0.25) is 5.91 Å². The second-order valence-electron chi connectivity index (χ2n) is 10.9. The first kappa shape index (κ1) is 29.6. The van der Waals surface area contributed by atoms with Gasteiger partial charge >= 0.3 is 0 Å². The molecule has 0 spiro atoms. The van der Waals surface area contributed by atoms with Crippen molar-refractivity contribution in [3.63, 3.8) is 0 Å². The summed E-state index contributed by atoms with van der Waals surface area (Å²) in [6.07, 6.45) is 2.42.